The minimum Gasteiger partial charge on any atom is -0.448 e. The Morgan fingerprint density at radius 1 is 1.19 bits per heavy atom. The number of alkyl halides is 4. The second kappa shape index (κ2) is 7.77. The molecule has 1 fully saturated rings. The van der Waals surface area contributed by atoms with Crippen molar-refractivity contribution in [3.05, 3.63) is 47.5 Å². The van der Waals surface area contributed by atoms with E-state index in [1.807, 2.05) is 0 Å². The van der Waals surface area contributed by atoms with Crippen LogP contribution in [0.3, 0.4) is 0 Å². The first-order valence-corrected chi connectivity index (χ1v) is 7.78. The summed E-state index contributed by atoms with van der Waals surface area (Å²) in [7, 11) is 0. The van der Waals surface area contributed by atoms with Gasteiger partial charge in [0.2, 0.25) is 0 Å². The molecule has 3 rings (SSSR count). The Morgan fingerprint density at radius 2 is 1.96 bits per heavy atom. The van der Waals surface area contributed by atoms with E-state index in [2.05, 4.69) is 9.72 Å². The molecule has 0 N–H and O–H groups in total. The molecular formula is C17H13F5N2O3. The van der Waals surface area contributed by atoms with Gasteiger partial charge >= 0.3 is 12.7 Å². The summed E-state index contributed by atoms with van der Waals surface area (Å²) in [5.74, 6) is -1.67. The van der Waals surface area contributed by atoms with Gasteiger partial charge in [-0.1, -0.05) is 6.07 Å². The molecule has 0 spiro atoms. The SMILES string of the molecule is O=C1OCCN1Cc1cc(-c2ccc(F)c(OC(F)F)c2)cnc1C(F)F. The molecular weight excluding hydrogens is 375 g/mol. The van der Waals surface area contributed by atoms with E-state index in [4.69, 9.17) is 4.74 Å². The third-order valence-corrected chi connectivity index (χ3v) is 3.89. The Hall–Kier alpha value is -2.91. The number of halogens is 5. The third kappa shape index (κ3) is 4.26. The van der Waals surface area contributed by atoms with Crippen molar-refractivity contribution in [1.29, 1.82) is 0 Å². The minimum atomic E-state index is -3.22. The molecule has 144 valence electrons. The number of amides is 1. The van der Waals surface area contributed by atoms with Crippen molar-refractivity contribution in [2.75, 3.05) is 13.2 Å². The highest BCUT2D eigenvalue weighted by Gasteiger charge is 2.25. The lowest BCUT2D eigenvalue weighted by atomic mass is 10.0. The van der Waals surface area contributed by atoms with Crippen LogP contribution in [0.15, 0.2) is 30.5 Å². The number of pyridine rings is 1. The van der Waals surface area contributed by atoms with Crippen LogP contribution in [0.2, 0.25) is 0 Å². The van der Waals surface area contributed by atoms with E-state index in [-0.39, 0.29) is 36.4 Å². The molecule has 1 saturated heterocycles. The van der Waals surface area contributed by atoms with Crippen molar-refractivity contribution >= 4 is 6.09 Å². The molecule has 0 aliphatic carbocycles. The van der Waals surface area contributed by atoms with Gasteiger partial charge in [-0.15, -0.1) is 0 Å². The number of nitrogens with zero attached hydrogens (tertiary/aromatic N) is 2. The molecule has 0 radical (unpaired) electrons. The quantitative estimate of drug-likeness (QED) is 0.690. The van der Waals surface area contributed by atoms with Gasteiger partial charge in [0, 0.05) is 11.8 Å². The van der Waals surface area contributed by atoms with Crippen molar-refractivity contribution in [2.24, 2.45) is 0 Å². The van der Waals surface area contributed by atoms with Crippen LogP contribution in [0.25, 0.3) is 11.1 Å². The van der Waals surface area contributed by atoms with Crippen LogP contribution >= 0.6 is 0 Å². The lowest BCUT2D eigenvalue weighted by molar-refractivity contribution is -0.0521. The van der Waals surface area contributed by atoms with E-state index in [0.717, 1.165) is 18.3 Å². The predicted octanol–water partition coefficient (Wildman–Crippen LogP) is 4.38. The molecule has 2 heterocycles. The first kappa shape index (κ1) is 18.9. The van der Waals surface area contributed by atoms with Crippen LogP contribution in [-0.4, -0.2) is 35.7 Å². The average molecular weight is 388 g/mol. The van der Waals surface area contributed by atoms with Crippen molar-refractivity contribution in [3.8, 4) is 16.9 Å². The number of rotatable bonds is 6. The number of hydrogen-bond donors (Lipinski definition) is 0. The van der Waals surface area contributed by atoms with E-state index in [1.54, 1.807) is 0 Å². The Kier molecular flexibility index (Phi) is 5.43. The van der Waals surface area contributed by atoms with Crippen LogP contribution in [0.5, 0.6) is 5.75 Å². The highest BCUT2D eigenvalue weighted by atomic mass is 19.3. The van der Waals surface area contributed by atoms with Crippen LogP contribution in [0.1, 0.15) is 17.7 Å². The molecule has 1 aromatic heterocycles. The fraction of sp³-hybridized carbons (Fsp3) is 0.294. The Bertz CT molecular complexity index is 847. The van der Waals surface area contributed by atoms with Crippen LogP contribution < -0.4 is 4.74 Å². The first-order chi connectivity index (χ1) is 12.8. The summed E-state index contributed by atoms with van der Waals surface area (Å²) in [6.07, 6.45) is -2.39. The van der Waals surface area contributed by atoms with Gasteiger partial charge in [0.15, 0.2) is 11.6 Å². The largest absolute Gasteiger partial charge is 0.448 e. The fourth-order valence-corrected chi connectivity index (χ4v) is 2.65. The van der Waals surface area contributed by atoms with Gasteiger partial charge in [-0.25, -0.2) is 18.0 Å². The van der Waals surface area contributed by atoms with Gasteiger partial charge in [0.05, 0.1) is 13.1 Å². The second-order valence-electron chi connectivity index (χ2n) is 5.63. The summed E-state index contributed by atoms with van der Waals surface area (Å²) in [6, 6.07) is 4.57. The third-order valence-electron chi connectivity index (χ3n) is 3.89. The standard InChI is InChI=1S/C17H13F5N2O3/c18-12-2-1-9(6-13(12)27-16(21)22)10-5-11(14(15(19)20)23-7-10)8-24-3-4-26-17(24)25/h1-2,5-7,15-16H,3-4,8H2. The van der Waals surface area contributed by atoms with E-state index in [9.17, 15) is 26.7 Å². The number of aromatic nitrogens is 1. The van der Waals surface area contributed by atoms with E-state index < -0.39 is 36.4 Å². The summed E-state index contributed by atoms with van der Waals surface area (Å²) >= 11 is 0. The molecule has 0 atom stereocenters. The molecule has 10 heteroatoms. The minimum absolute atomic E-state index is 0.0713. The van der Waals surface area contributed by atoms with Crippen LogP contribution in [-0.2, 0) is 11.3 Å². The lowest BCUT2D eigenvalue weighted by Crippen LogP contribution is -2.24. The maximum Gasteiger partial charge on any atom is 0.410 e. The average Bonchev–Trinajstić information content (AvgIpc) is 3.01. The summed E-state index contributed by atoms with van der Waals surface area (Å²) in [4.78, 5) is 16.5. The number of carbonyl (C=O) groups is 1. The molecule has 1 amide bonds. The number of carbonyl (C=O) groups excluding carboxylic acids is 1. The number of cyclic esters (lactones) is 1. The highest BCUT2D eigenvalue weighted by molar-refractivity contribution is 5.70. The lowest BCUT2D eigenvalue weighted by Gasteiger charge is -2.16. The monoisotopic (exact) mass is 388 g/mol. The van der Waals surface area contributed by atoms with E-state index in [1.165, 1.54) is 17.0 Å². The Labute approximate surface area is 150 Å². The summed E-state index contributed by atoms with van der Waals surface area (Å²) < 4.78 is 73.7. The normalized spacial score (nSPS) is 14.2. The smallest absolute Gasteiger partial charge is 0.410 e. The van der Waals surface area contributed by atoms with Gasteiger partial charge in [0.1, 0.15) is 12.3 Å². The number of benzene rings is 1. The zero-order chi connectivity index (χ0) is 19.6. The Morgan fingerprint density at radius 3 is 2.59 bits per heavy atom. The molecule has 1 aliphatic rings. The summed E-state index contributed by atoms with van der Waals surface area (Å²) in [5, 5.41) is 0. The predicted molar refractivity (Wildman–Crippen MR) is 83.0 cm³/mol. The summed E-state index contributed by atoms with van der Waals surface area (Å²) in [6.45, 7) is -2.97. The number of hydrogen-bond acceptors (Lipinski definition) is 4. The number of ether oxygens (including phenoxy) is 2. The van der Waals surface area contributed by atoms with Gasteiger partial charge in [-0.2, -0.15) is 8.78 Å². The zero-order valence-corrected chi connectivity index (χ0v) is 13.7. The van der Waals surface area contributed by atoms with Gasteiger partial charge < -0.3 is 14.4 Å². The van der Waals surface area contributed by atoms with Crippen molar-refractivity contribution in [3.63, 3.8) is 0 Å². The fourth-order valence-electron chi connectivity index (χ4n) is 2.65. The molecule has 1 aromatic carbocycles. The van der Waals surface area contributed by atoms with E-state index >= 15 is 0 Å². The highest BCUT2D eigenvalue weighted by Crippen LogP contribution is 2.31. The van der Waals surface area contributed by atoms with Crippen molar-refractivity contribution in [1.82, 2.24) is 9.88 Å². The van der Waals surface area contributed by atoms with Gasteiger partial charge in [0.25, 0.3) is 6.43 Å². The van der Waals surface area contributed by atoms with Crippen LogP contribution in [0.4, 0.5) is 26.7 Å². The zero-order valence-electron chi connectivity index (χ0n) is 13.7. The maximum atomic E-state index is 13.6. The van der Waals surface area contributed by atoms with Gasteiger partial charge in [-0.3, -0.25) is 4.98 Å². The first-order valence-electron chi connectivity index (χ1n) is 7.78. The van der Waals surface area contributed by atoms with Gasteiger partial charge in [-0.05, 0) is 29.3 Å². The topological polar surface area (TPSA) is 51.7 Å². The Balaban J connectivity index is 1.96. The molecule has 5 nitrogen and oxygen atoms in total. The molecule has 0 saturated carbocycles. The molecule has 2 aromatic rings. The molecule has 1 aliphatic heterocycles. The molecule has 0 bridgehead atoms. The van der Waals surface area contributed by atoms with Crippen LogP contribution in [0, 0.1) is 5.82 Å². The molecule has 27 heavy (non-hydrogen) atoms. The summed E-state index contributed by atoms with van der Waals surface area (Å²) in [5.41, 5.74) is 0.0818. The second-order valence-corrected chi connectivity index (χ2v) is 5.63. The van der Waals surface area contributed by atoms with E-state index in [0.29, 0.717) is 0 Å². The van der Waals surface area contributed by atoms with Crippen molar-refractivity contribution < 1.29 is 36.2 Å². The molecule has 0 unspecified atom stereocenters. The van der Waals surface area contributed by atoms with Crippen molar-refractivity contribution in [2.45, 2.75) is 19.6 Å². The maximum absolute atomic E-state index is 13.6.